The molecule has 2 N–H and O–H groups in total. The highest BCUT2D eigenvalue weighted by molar-refractivity contribution is 5.85. The standard InChI is InChI=1S/C31H37N5O5/c1-20-26(21(2)34-33-20)16-31(39)36-13-12-28-27(17-36)32-29(37)18-35(3)30(38)11-10-22-6-4-8-24(14-22)41-25-9-5-7-23(15-25)19-40-28/h4-9,14-15,27-28H,10-13,16-19H2,1-3H3,(H,32,37)(H,33,34)/t27-,28+/m0/s1. The number of ether oxygens (including phenoxy) is 2. The minimum absolute atomic E-state index is 0.0230. The second kappa shape index (κ2) is 12.6. The van der Waals surface area contributed by atoms with Crippen molar-refractivity contribution in [3.63, 3.8) is 0 Å². The summed E-state index contributed by atoms with van der Waals surface area (Å²) in [6.45, 7) is 4.88. The lowest BCUT2D eigenvalue weighted by molar-refractivity contribution is -0.138. The molecule has 216 valence electrons. The topological polar surface area (TPSA) is 117 Å². The Morgan fingerprint density at radius 1 is 1.05 bits per heavy atom. The number of rotatable bonds is 2. The van der Waals surface area contributed by atoms with Crippen molar-refractivity contribution in [1.29, 1.82) is 0 Å². The summed E-state index contributed by atoms with van der Waals surface area (Å²) in [6, 6.07) is 15.0. The van der Waals surface area contributed by atoms with Crippen LogP contribution in [-0.4, -0.2) is 76.5 Å². The fraction of sp³-hybridized carbons (Fsp3) is 0.419. The van der Waals surface area contributed by atoms with Gasteiger partial charge in [-0.15, -0.1) is 0 Å². The molecule has 3 heterocycles. The van der Waals surface area contributed by atoms with Gasteiger partial charge in [-0.2, -0.15) is 5.10 Å². The predicted molar refractivity (Wildman–Crippen MR) is 152 cm³/mol. The number of benzene rings is 2. The smallest absolute Gasteiger partial charge is 0.239 e. The van der Waals surface area contributed by atoms with Crippen molar-refractivity contribution in [2.45, 2.75) is 58.3 Å². The van der Waals surface area contributed by atoms with Gasteiger partial charge in [0.25, 0.3) is 0 Å². The van der Waals surface area contributed by atoms with Gasteiger partial charge >= 0.3 is 0 Å². The summed E-state index contributed by atoms with van der Waals surface area (Å²) in [6.07, 6.45) is 1.31. The van der Waals surface area contributed by atoms with Crippen molar-refractivity contribution in [3.05, 3.63) is 76.6 Å². The van der Waals surface area contributed by atoms with Crippen LogP contribution in [0.4, 0.5) is 0 Å². The maximum Gasteiger partial charge on any atom is 0.239 e. The lowest BCUT2D eigenvalue weighted by Gasteiger charge is -2.39. The molecular formula is C31H37N5O5. The van der Waals surface area contributed by atoms with E-state index < -0.39 is 6.04 Å². The van der Waals surface area contributed by atoms with E-state index in [-0.39, 0.29) is 43.2 Å². The number of aromatic nitrogens is 2. The summed E-state index contributed by atoms with van der Waals surface area (Å²) in [5.41, 5.74) is 4.51. The van der Waals surface area contributed by atoms with Gasteiger partial charge < -0.3 is 24.6 Å². The van der Waals surface area contributed by atoms with E-state index in [2.05, 4.69) is 15.5 Å². The zero-order valence-corrected chi connectivity index (χ0v) is 23.8. The van der Waals surface area contributed by atoms with Crippen LogP contribution in [0, 0.1) is 13.8 Å². The van der Waals surface area contributed by atoms with Gasteiger partial charge in [0.05, 0.1) is 37.4 Å². The van der Waals surface area contributed by atoms with Crippen LogP contribution in [0.3, 0.4) is 0 Å². The van der Waals surface area contributed by atoms with E-state index in [4.69, 9.17) is 9.47 Å². The Morgan fingerprint density at radius 2 is 1.78 bits per heavy atom. The van der Waals surface area contributed by atoms with Crippen molar-refractivity contribution in [2.24, 2.45) is 0 Å². The van der Waals surface area contributed by atoms with E-state index in [0.29, 0.717) is 44.0 Å². The molecule has 0 saturated carbocycles. The number of H-pyrrole nitrogens is 1. The van der Waals surface area contributed by atoms with Crippen LogP contribution in [-0.2, 0) is 38.6 Å². The van der Waals surface area contributed by atoms with Gasteiger partial charge in [-0.25, -0.2) is 0 Å². The number of piperidine rings is 1. The van der Waals surface area contributed by atoms with E-state index in [9.17, 15) is 14.4 Å². The summed E-state index contributed by atoms with van der Waals surface area (Å²) < 4.78 is 12.5. The SMILES string of the molecule is Cc1n[nH]c(C)c1CC(=O)N1CC[C@H]2OCc3cccc(c3)Oc3cccc(c3)CCC(=O)N(C)CC(=O)N[C@H]2C1. The molecule has 10 nitrogen and oxygen atoms in total. The number of likely N-dealkylation sites (N-methyl/N-ethyl adjacent to an activating group) is 1. The maximum atomic E-state index is 13.3. The lowest BCUT2D eigenvalue weighted by Crippen LogP contribution is -2.58. The highest BCUT2D eigenvalue weighted by Gasteiger charge is 2.34. The van der Waals surface area contributed by atoms with Gasteiger partial charge in [0, 0.05) is 37.8 Å². The van der Waals surface area contributed by atoms with Crippen LogP contribution >= 0.6 is 0 Å². The molecule has 0 spiro atoms. The van der Waals surface area contributed by atoms with Crippen LogP contribution in [0.1, 0.15) is 40.9 Å². The summed E-state index contributed by atoms with van der Waals surface area (Å²) >= 11 is 0. The van der Waals surface area contributed by atoms with Crippen LogP contribution in [0.15, 0.2) is 48.5 Å². The molecule has 1 fully saturated rings. The molecule has 5 rings (SSSR count). The third kappa shape index (κ3) is 7.13. The lowest BCUT2D eigenvalue weighted by atomic mass is 10.00. The van der Waals surface area contributed by atoms with Crippen molar-refractivity contribution >= 4 is 17.7 Å². The fourth-order valence-electron chi connectivity index (χ4n) is 5.39. The van der Waals surface area contributed by atoms with Crippen molar-refractivity contribution in [3.8, 4) is 11.5 Å². The van der Waals surface area contributed by atoms with Gasteiger partial charge in [-0.1, -0.05) is 24.3 Å². The van der Waals surface area contributed by atoms with E-state index in [0.717, 1.165) is 28.1 Å². The Labute approximate surface area is 240 Å². The van der Waals surface area contributed by atoms with Gasteiger partial charge in [0.15, 0.2) is 0 Å². The predicted octanol–water partition coefficient (Wildman–Crippen LogP) is 3.07. The maximum absolute atomic E-state index is 13.3. The Bertz CT molecular complexity index is 1400. The number of hydrogen-bond donors (Lipinski definition) is 2. The third-order valence-electron chi connectivity index (χ3n) is 7.79. The Morgan fingerprint density at radius 3 is 2.51 bits per heavy atom. The molecule has 2 aromatic carbocycles. The highest BCUT2D eigenvalue weighted by Crippen LogP contribution is 2.25. The molecule has 1 aromatic heterocycles. The molecule has 41 heavy (non-hydrogen) atoms. The number of aromatic amines is 1. The van der Waals surface area contributed by atoms with Gasteiger partial charge in [-0.3, -0.25) is 19.5 Å². The van der Waals surface area contributed by atoms with Gasteiger partial charge in [-0.05, 0) is 62.1 Å². The first-order chi connectivity index (χ1) is 19.7. The number of aryl methyl sites for hydroxylation is 3. The molecule has 0 unspecified atom stereocenters. The zero-order chi connectivity index (χ0) is 28.9. The van der Waals surface area contributed by atoms with Crippen LogP contribution < -0.4 is 10.1 Å². The van der Waals surface area contributed by atoms with Gasteiger partial charge in [0.2, 0.25) is 17.7 Å². The first kappa shape index (κ1) is 28.4. The molecule has 0 radical (unpaired) electrons. The van der Waals surface area contributed by atoms with Crippen molar-refractivity contribution < 1.29 is 23.9 Å². The quantitative estimate of drug-likeness (QED) is 0.499. The molecule has 2 atom stereocenters. The number of nitrogens with one attached hydrogen (secondary N) is 2. The Kier molecular flexibility index (Phi) is 8.68. The molecule has 2 aliphatic rings. The number of carbonyl (C=O) groups is 3. The number of nitrogens with zero attached hydrogens (tertiary/aromatic N) is 3. The molecule has 3 aromatic rings. The first-order valence-corrected chi connectivity index (χ1v) is 14.0. The number of amides is 3. The number of fused-ring (bicyclic) bond motifs is 5. The molecule has 10 heteroatoms. The molecular weight excluding hydrogens is 522 g/mol. The van der Waals surface area contributed by atoms with E-state index >= 15 is 0 Å². The average molecular weight is 560 g/mol. The number of likely N-dealkylation sites (tertiary alicyclic amines) is 1. The molecule has 3 amide bonds. The van der Waals surface area contributed by atoms with Gasteiger partial charge in [0.1, 0.15) is 11.5 Å². The van der Waals surface area contributed by atoms with E-state index in [1.54, 1.807) is 11.9 Å². The second-order valence-electron chi connectivity index (χ2n) is 10.9. The van der Waals surface area contributed by atoms with Crippen LogP contribution in [0.2, 0.25) is 0 Å². The second-order valence-corrected chi connectivity index (χ2v) is 10.9. The molecule has 2 aliphatic heterocycles. The van der Waals surface area contributed by atoms with Crippen molar-refractivity contribution in [2.75, 3.05) is 26.7 Å². The third-order valence-corrected chi connectivity index (χ3v) is 7.79. The Balaban J connectivity index is 1.35. The van der Waals surface area contributed by atoms with Crippen LogP contribution in [0.5, 0.6) is 11.5 Å². The number of carbonyl (C=O) groups excluding carboxylic acids is 3. The van der Waals surface area contributed by atoms with Crippen LogP contribution in [0.25, 0.3) is 0 Å². The summed E-state index contributed by atoms with van der Waals surface area (Å²) in [5.74, 6) is 0.952. The normalized spacial score (nSPS) is 20.4. The summed E-state index contributed by atoms with van der Waals surface area (Å²) in [5, 5.41) is 10.2. The zero-order valence-electron chi connectivity index (χ0n) is 23.8. The molecule has 1 saturated heterocycles. The average Bonchev–Trinajstić information content (AvgIpc) is 3.27. The largest absolute Gasteiger partial charge is 0.457 e. The first-order valence-electron chi connectivity index (χ1n) is 14.0. The summed E-state index contributed by atoms with van der Waals surface area (Å²) in [4.78, 5) is 42.4. The minimum Gasteiger partial charge on any atom is -0.457 e. The molecule has 4 bridgehead atoms. The fourth-order valence-corrected chi connectivity index (χ4v) is 5.39. The molecule has 0 aliphatic carbocycles. The Hall–Kier alpha value is -4.18. The van der Waals surface area contributed by atoms with E-state index in [1.807, 2.05) is 62.4 Å². The summed E-state index contributed by atoms with van der Waals surface area (Å²) in [7, 11) is 1.63. The minimum atomic E-state index is -0.423. The van der Waals surface area contributed by atoms with Crippen molar-refractivity contribution in [1.82, 2.24) is 25.3 Å². The monoisotopic (exact) mass is 559 g/mol. The van der Waals surface area contributed by atoms with E-state index in [1.165, 1.54) is 4.90 Å². The highest BCUT2D eigenvalue weighted by atomic mass is 16.5. The number of hydrogen-bond acceptors (Lipinski definition) is 6.